The first-order chi connectivity index (χ1) is 15.5. The maximum atomic E-state index is 15.2. The van der Waals surface area contributed by atoms with Crippen LogP contribution in [-0.4, -0.2) is 40.0 Å². The Bertz CT molecular complexity index is 1110. The minimum atomic E-state index is -4.36. The predicted octanol–water partition coefficient (Wildman–Crippen LogP) is 4.27. The maximum absolute atomic E-state index is 15.2. The van der Waals surface area contributed by atoms with Crippen molar-refractivity contribution in [1.29, 1.82) is 0 Å². The Kier molecular flexibility index (Phi) is 5.90. The molecule has 0 saturated carbocycles. The number of fused-ring (bicyclic) bond motifs is 2. The second kappa shape index (κ2) is 8.40. The monoisotopic (exact) mass is 468 g/mol. The van der Waals surface area contributed by atoms with Crippen LogP contribution in [0.2, 0.25) is 0 Å². The van der Waals surface area contributed by atoms with Crippen LogP contribution in [0.4, 0.5) is 27.6 Å². The summed E-state index contributed by atoms with van der Waals surface area (Å²) in [6.07, 6.45) is 0.484. The van der Waals surface area contributed by atoms with Gasteiger partial charge in [-0.15, -0.1) is 0 Å². The number of hydrogen-bond donors (Lipinski definition) is 2. The number of nitrogens with zero attached hydrogens (tertiary/aromatic N) is 1. The summed E-state index contributed by atoms with van der Waals surface area (Å²) in [6, 6.07) is 2.80. The van der Waals surface area contributed by atoms with E-state index in [4.69, 9.17) is 0 Å². The van der Waals surface area contributed by atoms with E-state index in [2.05, 4.69) is 5.32 Å². The fourth-order valence-corrected chi connectivity index (χ4v) is 4.64. The Hall–Kier alpha value is -3.01. The Morgan fingerprint density at radius 3 is 2.24 bits per heavy atom. The molecular weight excluding hydrogens is 447 g/mol. The topological polar surface area (TPSA) is 69.6 Å². The number of piperidine rings is 1. The average molecular weight is 468 g/mol. The van der Waals surface area contributed by atoms with Gasteiger partial charge in [0, 0.05) is 23.8 Å². The Morgan fingerprint density at radius 1 is 1.00 bits per heavy atom. The van der Waals surface area contributed by atoms with Crippen LogP contribution in [-0.2, 0) is 10.7 Å². The summed E-state index contributed by atoms with van der Waals surface area (Å²) in [5, 5.41) is 12.1. The number of benzene rings is 2. The van der Waals surface area contributed by atoms with E-state index in [-0.39, 0.29) is 30.2 Å². The maximum Gasteiger partial charge on any atom is 0.352 e. The highest BCUT2D eigenvalue weighted by Crippen LogP contribution is 2.41. The largest absolute Gasteiger partial charge is 0.393 e. The Morgan fingerprint density at radius 2 is 1.64 bits per heavy atom. The summed E-state index contributed by atoms with van der Waals surface area (Å²) >= 11 is 0. The van der Waals surface area contributed by atoms with E-state index in [0.717, 1.165) is 11.0 Å². The number of aryl methyl sites for hydroxylation is 1. The van der Waals surface area contributed by atoms with Crippen molar-refractivity contribution in [2.24, 2.45) is 0 Å². The van der Waals surface area contributed by atoms with Crippen LogP contribution in [0.15, 0.2) is 30.3 Å². The van der Waals surface area contributed by atoms with Gasteiger partial charge in [0.15, 0.2) is 0 Å². The molecule has 5 nitrogen and oxygen atoms in total. The standard InChI is InChI=1S/C23H21F5N2O3/c1-11-6-12(2-5-18(11)24)29-21(32)16-9-17(20(26)10-19(16)25)23(27,28)22(33)30-13-3-4-14(30)8-15(31)7-13/h2,5-6,9-10,13-15,31H,3-4,7-8H2,1H3,(H,29,32). The van der Waals surface area contributed by atoms with Crippen LogP contribution in [0.25, 0.3) is 0 Å². The fraction of sp³-hybridized carbons (Fsp3) is 0.391. The minimum absolute atomic E-state index is 0.0791. The van der Waals surface area contributed by atoms with Crippen molar-refractivity contribution in [3.63, 3.8) is 0 Å². The van der Waals surface area contributed by atoms with E-state index in [1.165, 1.54) is 19.1 Å². The lowest BCUT2D eigenvalue weighted by molar-refractivity contribution is -0.166. The molecule has 2 aromatic rings. The van der Waals surface area contributed by atoms with Crippen molar-refractivity contribution in [1.82, 2.24) is 4.90 Å². The first-order valence-corrected chi connectivity index (χ1v) is 10.4. The van der Waals surface area contributed by atoms with E-state index in [0.29, 0.717) is 18.9 Å². The third kappa shape index (κ3) is 4.19. The molecule has 0 aromatic heterocycles. The van der Waals surface area contributed by atoms with Gasteiger partial charge in [0.05, 0.1) is 17.2 Å². The van der Waals surface area contributed by atoms with Crippen LogP contribution < -0.4 is 5.32 Å². The van der Waals surface area contributed by atoms with E-state index in [1.54, 1.807) is 0 Å². The summed E-state index contributed by atoms with van der Waals surface area (Å²) in [4.78, 5) is 26.3. The second-order valence-electron chi connectivity index (χ2n) is 8.53. The molecule has 4 rings (SSSR count). The van der Waals surface area contributed by atoms with Crippen molar-refractivity contribution in [2.75, 3.05) is 5.32 Å². The number of aliphatic hydroxyl groups excluding tert-OH is 1. The SMILES string of the molecule is Cc1cc(NC(=O)c2cc(C(F)(F)C(=O)N3C4CCC3CC(O)C4)c(F)cc2F)ccc1F. The van der Waals surface area contributed by atoms with Crippen molar-refractivity contribution in [3.05, 3.63) is 64.5 Å². The lowest BCUT2D eigenvalue weighted by atomic mass is 9.96. The molecular formula is C23H21F5N2O3. The van der Waals surface area contributed by atoms with Crippen LogP contribution >= 0.6 is 0 Å². The van der Waals surface area contributed by atoms with Crippen LogP contribution in [0.3, 0.4) is 0 Å². The van der Waals surface area contributed by atoms with E-state index < -0.39 is 64.5 Å². The lowest BCUT2D eigenvalue weighted by Crippen LogP contribution is -2.53. The molecule has 2 bridgehead atoms. The van der Waals surface area contributed by atoms with Crippen molar-refractivity contribution < 1.29 is 36.6 Å². The third-order valence-corrected chi connectivity index (χ3v) is 6.27. The molecule has 2 N–H and O–H groups in total. The Labute approximate surface area is 186 Å². The quantitative estimate of drug-likeness (QED) is 0.659. The van der Waals surface area contributed by atoms with Crippen LogP contribution in [0, 0.1) is 24.4 Å². The molecule has 2 aliphatic rings. The normalized spacial score (nSPS) is 22.4. The number of anilines is 1. The summed E-state index contributed by atoms with van der Waals surface area (Å²) in [5.41, 5.74) is -2.04. The number of rotatable bonds is 4. The molecule has 2 atom stereocenters. The zero-order chi connectivity index (χ0) is 24.1. The van der Waals surface area contributed by atoms with Gasteiger partial charge in [0.25, 0.3) is 11.8 Å². The number of nitrogens with one attached hydrogen (secondary N) is 1. The second-order valence-corrected chi connectivity index (χ2v) is 8.53. The predicted molar refractivity (Wildman–Crippen MR) is 108 cm³/mol. The summed E-state index contributed by atoms with van der Waals surface area (Å²) in [7, 11) is 0. The van der Waals surface area contributed by atoms with Gasteiger partial charge in [0.1, 0.15) is 17.5 Å². The molecule has 0 aliphatic carbocycles. The van der Waals surface area contributed by atoms with Gasteiger partial charge < -0.3 is 15.3 Å². The molecule has 0 spiro atoms. The van der Waals surface area contributed by atoms with Crippen LogP contribution in [0.5, 0.6) is 0 Å². The molecule has 2 saturated heterocycles. The molecule has 2 aromatic carbocycles. The van der Waals surface area contributed by atoms with Gasteiger partial charge in [-0.3, -0.25) is 9.59 Å². The van der Waals surface area contributed by atoms with Gasteiger partial charge in [-0.2, -0.15) is 8.78 Å². The number of hydrogen-bond acceptors (Lipinski definition) is 3. The number of carbonyl (C=O) groups is 2. The molecule has 10 heteroatoms. The average Bonchev–Trinajstić information content (AvgIpc) is 3.00. The van der Waals surface area contributed by atoms with Gasteiger partial charge in [-0.05, 0) is 62.4 Å². The number of halogens is 5. The molecule has 2 amide bonds. The minimum Gasteiger partial charge on any atom is -0.393 e. The zero-order valence-corrected chi connectivity index (χ0v) is 17.5. The van der Waals surface area contributed by atoms with Crippen molar-refractivity contribution >= 4 is 17.5 Å². The van der Waals surface area contributed by atoms with Gasteiger partial charge >= 0.3 is 5.92 Å². The molecule has 0 radical (unpaired) electrons. The summed E-state index contributed by atoms with van der Waals surface area (Å²) in [6.45, 7) is 1.43. The van der Waals surface area contributed by atoms with Gasteiger partial charge in [-0.1, -0.05) is 0 Å². The first-order valence-electron chi connectivity index (χ1n) is 10.4. The lowest BCUT2D eigenvalue weighted by Gasteiger charge is -2.39. The van der Waals surface area contributed by atoms with Crippen molar-refractivity contribution in [3.8, 4) is 0 Å². The molecule has 33 heavy (non-hydrogen) atoms. The number of alkyl halides is 2. The molecule has 2 unspecified atom stereocenters. The highest BCUT2D eigenvalue weighted by Gasteiger charge is 2.53. The molecule has 2 aliphatic heterocycles. The highest BCUT2D eigenvalue weighted by atomic mass is 19.3. The Balaban J connectivity index is 1.64. The number of aliphatic hydroxyl groups is 1. The molecule has 2 fully saturated rings. The summed E-state index contributed by atoms with van der Waals surface area (Å²) < 4.78 is 72.5. The first kappa shape index (κ1) is 23.2. The smallest absolute Gasteiger partial charge is 0.352 e. The molecule has 176 valence electrons. The van der Waals surface area contributed by atoms with Gasteiger partial charge in [0.2, 0.25) is 0 Å². The summed E-state index contributed by atoms with van der Waals surface area (Å²) in [5.74, 6) is -10.8. The van der Waals surface area contributed by atoms with E-state index in [1.807, 2.05) is 0 Å². The third-order valence-electron chi connectivity index (χ3n) is 6.27. The molecule has 2 heterocycles. The van der Waals surface area contributed by atoms with Crippen molar-refractivity contribution in [2.45, 2.75) is 56.7 Å². The fourth-order valence-electron chi connectivity index (χ4n) is 4.64. The van der Waals surface area contributed by atoms with E-state index >= 15 is 8.78 Å². The van der Waals surface area contributed by atoms with Crippen LogP contribution in [0.1, 0.15) is 47.2 Å². The number of carbonyl (C=O) groups excluding carboxylic acids is 2. The number of amides is 2. The van der Waals surface area contributed by atoms with E-state index in [9.17, 15) is 27.9 Å². The van der Waals surface area contributed by atoms with Gasteiger partial charge in [-0.25, -0.2) is 13.2 Å². The zero-order valence-electron chi connectivity index (χ0n) is 17.5. The highest BCUT2D eigenvalue weighted by molar-refractivity contribution is 6.04.